The van der Waals surface area contributed by atoms with Crippen LogP contribution in [0.1, 0.15) is 17.2 Å². The lowest BCUT2D eigenvalue weighted by atomic mass is 9.99. The van der Waals surface area contributed by atoms with Crippen LogP contribution in [0.15, 0.2) is 89.7 Å². The highest BCUT2D eigenvalue weighted by Gasteiger charge is 2.17. The van der Waals surface area contributed by atoms with Crippen LogP contribution >= 0.6 is 0 Å². The average molecular weight is 384 g/mol. The zero-order chi connectivity index (χ0) is 20.1. The van der Waals surface area contributed by atoms with E-state index >= 15 is 0 Å². The number of hydrogen-bond acceptors (Lipinski definition) is 4. The Morgan fingerprint density at radius 3 is 2.31 bits per heavy atom. The minimum atomic E-state index is -0.329. The maximum Gasteiger partial charge on any atom is 0.278 e. The van der Waals surface area contributed by atoms with Gasteiger partial charge in [0.25, 0.3) is 5.56 Å². The molecule has 0 aliphatic rings. The highest BCUT2D eigenvalue weighted by Crippen LogP contribution is 2.18. The standard InChI is InChI=1S/C23H20N4O2/c28-22(16-27-23(29)19-13-7-8-14-20(19)25-26-27)24-21(18-11-5-2-6-12-18)15-17-9-3-1-4-10-17/h1-14,21H,15-16H2,(H,24,28)/t21-/m0/s1. The number of aromatic nitrogens is 3. The van der Waals surface area contributed by atoms with Crippen molar-refractivity contribution in [1.29, 1.82) is 0 Å². The Hall–Kier alpha value is -3.80. The van der Waals surface area contributed by atoms with Gasteiger partial charge in [0.1, 0.15) is 12.1 Å². The summed E-state index contributed by atoms with van der Waals surface area (Å²) in [5.74, 6) is -0.290. The summed E-state index contributed by atoms with van der Waals surface area (Å²) in [4.78, 5) is 25.3. The van der Waals surface area contributed by atoms with Crippen LogP contribution in [0.2, 0.25) is 0 Å². The molecule has 4 aromatic rings. The summed E-state index contributed by atoms with van der Waals surface area (Å²) in [5, 5.41) is 11.4. The van der Waals surface area contributed by atoms with Gasteiger partial charge < -0.3 is 5.32 Å². The molecule has 0 unspecified atom stereocenters. The van der Waals surface area contributed by atoms with Crippen molar-refractivity contribution in [2.75, 3.05) is 0 Å². The van der Waals surface area contributed by atoms with E-state index in [-0.39, 0.29) is 24.1 Å². The molecule has 1 amide bonds. The number of rotatable bonds is 6. The van der Waals surface area contributed by atoms with Gasteiger partial charge in [-0.05, 0) is 29.7 Å². The van der Waals surface area contributed by atoms with Crippen molar-refractivity contribution >= 4 is 16.8 Å². The minimum Gasteiger partial charge on any atom is -0.347 e. The lowest BCUT2D eigenvalue weighted by Gasteiger charge is -2.19. The van der Waals surface area contributed by atoms with E-state index < -0.39 is 0 Å². The third kappa shape index (κ3) is 4.38. The molecule has 0 saturated heterocycles. The molecular weight excluding hydrogens is 364 g/mol. The van der Waals surface area contributed by atoms with Crippen LogP contribution in [0.3, 0.4) is 0 Å². The third-order valence-corrected chi connectivity index (χ3v) is 4.74. The van der Waals surface area contributed by atoms with Crippen molar-refractivity contribution < 1.29 is 4.79 Å². The van der Waals surface area contributed by atoms with Crippen molar-refractivity contribution in [2.45, 2.75) is 19.0 Å². The minimum absolute atomic E-state index is 0.186. The Morgan fingerprint density at radius 2 is 1.55 bits per heavy atom. The van der Waals surface area contributed by atoms with Crippen molar-refractivity contribution in [3.8, 4) is 0 Å². The summed E-state index contributed by atoms with van der Waals surface area (Å²) in [6, 6.07) is 26.5. The Morgan fingerprint density at radius 1 is 0.897 bits per heavy atom. The fraction of sp³-hybridized carbons (Fsp3) is 0.130. The van der Waals surface area contributed by atoms with Crippen LogP contribution in [0.4, 0.5) is 0 Å². The molecule has 0 aliphatic carbocycles. The predicted molar refractivity (Wildman–Crippen MR) is 111 cm³/mol. The molecule has 29 heavy (non-hydrogen) atoms. The highest BCUT2D eigenvalue weighted by molar-refractivity contribution is 5.78. The van der Waals surface area contributed by atoms with Gasteiger partial charge in [0.05, 0.1) is 11.4 Å². The third-order valence-electron chi connectivity index (χ3n) is 4.74. The molecule has 1 N–H and O–H groups in total. The monoisotopic (exact) mass is 384 g/mol. The Kier molecular flexibility index (Phi) is 5.42. The largest absolute Gasteiger partial charge is 0.347 e. The molecule has 4 rings (SSSR count). The van der Waals surface area contributed by atoms with Crippen LogP contribution in [0.25, 0.3) is 10.9 Å². The highest BCUT2D eigenvalue weighted by atomic mass is 16.2. The molecule has 0 spiro atoms. The fourth-order valence-electron chi connectivity index (χ4n) is 3.29. The maximum absolute atomic E-state index is 12.7. The summed E-state index contributed by atoms with van der Waals surface area (Å²) < 4.78 is 1.10. The number of carbonyl (C=O) groups excluding carboxylic acids is 1. The van der Waals surface area contributed by atoms with E-state index in [4.69, 9.17) is 0 Å². The molecule has 6 heteroatoms. The lowest BCUT2D eigenvalue weighted by Crippen LogP contribution is -2.36. The second-order valence-electron chi connectivity index (χ2n) is 6.79. The molecule has 3 aromatic carbocycles. The van der Waals surface area contributed by atoms with E-state index in [2.05, 4.69) is 15.6 Å². The second-order valence-corrected chi connectivity index (χ2v) is 6.79. The van der Waals surface area contributed by atoms with Gasteiger partial charge in [-0.25, -0.2) is 4.68 Å². The van der Waals surface area contributed by atoms with E-state index in [1.807, 2.05) is 60.7 Å². The van der Waals surface area contributed by atoms with Crippen LogP contribution in [-0.2, 0) is 17.8 Å². The molecule has 6 nitrogen and oxygen atoms in total. The predicted octanol–water partition coefficient (Wildman–Crippen LogP) is 2.89. The van der Waals surface area contributed by atoms with Crippen molar-refractivity contribution in [3.63, 3.8) is 0 Å². The van der Waals surface area contributed by atoms with E-state index in [0.29, 0.717) is 17.3 Å². The normalized spacial score (nSPS) is 11.9. The smallest absolute Gasteiger partial charge is 0.278 e. The van der Waals surface area contributed by atoms with Crippen LogP contribution < -0.4 is 10.9 Å². The first-order valence-electron chi connectivity index (χ1n) is 9.41. The number of fused-ring (bicyclic) bond motifs is 1. The number of benzene rings is 3. The van der Waals surface area contributed by atoms with Crippen molar-refractivity contribution in [2.24, 2.45) is 0 Å². The molecular formula is C23H20N4O2. The second kappa shape index (κ2) is 8.48. The number of carbonyl (C=O) groups is 1. The number of amides is 1. The van der Waals surface area contributed by atoms with E-state index in [1.54, 1.807) is 24.3 Å². The van der Waals surface area contributed by atoms with Crippen LogP contribution in [0, 0.1) is 0 Å². The lowest BCUT2D eigenvalue weighted by molar-refractivity contribution is -0.122. The molecule has 0 radical (unpaired) electrons. The maximum atomic E-state index is 12.7. The summed E-state index contributed by atoms with van der Waals surface area (Å²) >= 11 is 0. The quantitative estimate of drug-likeness (QED) is 0.555. The van der Waals surface area contributed by atoms with E-state index in [1.165, 1.54) is 0 Å². The fourth-order valence-corrected chi connectivity index (χ4v) is 3.29. The first-order chi connectivity index (χ1) is 14.2. The first kappa shape index (κ1) is 18.6. The van der Waals surface area contributed by atoms with Gasteiger partial charge in [0, 0.05) is 0 Å². The van der Waals surface area contributed by atoms with Gasteiger partial charge in [-0.15, -0.1) is 5.10 Å². The summed E-state index contributed by atoms with van der Waals surface area (Å²) in [6.45, 7) is -0.186. The number of hydrogen-bond donors (Lipinski definition) is 1. The topological polar surface area (TPSA) is 76.9 Å². The molecule has 0 saturated carbocycles. The molecule has 0 aliphatic heterocycles. The Labute approximate surface area is 167 Å². The van der Waals surface area contributed by atoms with E-state index in [0.717, 1.165) is 15.8 Å². The van der Waals surface area contributed by atoms with Gasteiger partial charge in [-0.2, -0.15) is 0 Å². The van der Waals surface area contributed by atoms with Crippen LogP contribution in [-0.4, -0.2) is 20.9 Å². The van der Waals surface area contributed by atoms with Gasteiger partial charge in [0.15, 0.2) is 0 Å². The molecule has 0 fully saturated rings. The zero-order valence-corrected chi connectivity index (χ0v) is 15.7. The first-order valence-corrected chi connectivity index (χ1v) is 9.41. The van der Waals surface area contributed by atoms with Gasteiger partial charge in [0.2, 0.25) is 5.91 Å². The van der Waals surface area contributed by atoms with Crippen LogP contribution in [0.5, 0.6) is 0 Å². The van der Waals surface area contributed by atoms with Gasteiger partial charge in [-0.3, -0.25) is 9.59 Å². The number of nitrogens with zero attached hydrogens (tertiary/aromatic N) is 3. The molecule has 144 valence electrons. The van der Waals surface area contributed by atoms with Gasteiger partial charge >= 0.3 is 0 Å². The van der Waals surface area contributed by atoms with Crippen molar-refractivity contribution in [1.82, 2.24) is 20.3 Å². The zero-order valence-electron chi connectivity index (χ0n) is 15.7. The van der Waals surface area contributed by atoms with Crippen molar-refractivity contribution in [3.05, 3.63) is 106 Å². The SMILES string of the molecule is O=C(Cn1nnc2ccccc2c1=O)N[C@@H](Cc1ccccc1)c1ccccc1. The molecule has 1 aromatic heterocycles. The van der Waals surface area contributed by atoms with E-state index in [9.17, 15) is 9.59 Å². The molecule has 1 atom stereocenters. The number of nitrogens with one attached hydrogen (secondary N) is 1. The summed E-state index contributed by atoms with van der Waals surface area (Å²) in [7, 11) is 0. The Balaban J connectivity index is 1.55. The molecule has 0 bridgehead atoms. The summed E-state index contributed by atoms with van der Waals surface area (Å²) in [6.07, 6.45) is 0.648. The molecule has 1 heterocycles. The Bertz CT molecular complexity index is 1170. The average Bonchev–Trinajstić information content (AvgIpc) is 2.77. The van der Waals surface area contributed by atoms with Gasteiger partial charge in [-0.1, -0.05) is 78.0 Å². The summed E-state index contributed by atoms with van der Waals surface area (Å²) in [5.41, 5.74) is 2.30.